The molecule has 0 spiro atoms. The molecule has 1 rings (SSSR count). The molecule has 0 amide bonds. The zero-order chi connectivity index (χ0) is 13.4. The van der Waals surface area contributed by atoms with E-state index in [-0.39, 0.29) is 0 Å². The zero-order valence-electron chi connectivity index (χ0n) is 13.2. The lowest BCUT2D eigenvalue weighted by Crippen LogP contribution is -2.47. The summed E-state index contributed by atoms with van der Waals surface area (Å²) in [6, 6.07) is 0.690. The maximum atomic E-state index is 3.91. The van der Waals surface area contributed by atoms with Crippen LogP contribution in [0.15, 0.2) is 0 Å². The Morgan fingerprint density at radius 1 is 1.06 bits per heavy atom. The van der Waals surface area contributed by atoms with E-state index in [1.807, 2.05) is 0 Å². The van der Waals surface area contributed by atoms with E-state index in [0.717, 1.165) is 5.92 Å². The first-order chi connectivity index (χ1) is 8.55. The molecule has 0 aliphatic heterocycles. The highest BCUT2D eigenvalue weighted by Gasteiger charge is 2.24. The van der Waals surface area contributed by atoms with Crippen LogP contribution in [0, 0.1) is 5.92 Å². The smallest absolute Gasteiger partial charge is 0.0127 e. The number of hydrogen-bond acceptors (Lipinski definition) is 1. The summed E-state index contributed by atoms with van der Waals surface area (Å²) in [5, 5.41) is 3.91. The maximum absolute atomic E-state index is 3.91. The van der Waals surface area contributed by atoms with Gasteiger partial charge in [0, 0.05) is 11.6 Å². The van der Waals surface area contributed by atoms with E-state index in [1.165, 1.54) is 64.2 Å². The normalized spacial score (nSPS) is 21.3. The number of unbranched alkanes of at least 4 members (excludes halogenated alkanes) is 1. The van der Waals surface area contributed by atoms with Gasteiger partial charge in [-0.2, -0.15) is 0 Å². The van der Waals surface area contributed by atoms with Gasteiger partial charge in [-0.3, -0.25) is 0 Å². The van der Waals surface area contributed by atoms with Crippen molar-refractivity contribution in [3.05, 3.63) is 0 Å². The Balaban J connectivity index is 2.38. The fourth-order valence-electron chi connectivity index (χ4n) is 3.41. The highest BCUT2D eigenvalue weighted by molar-refractivity contribution is 4.84. The van der Waals surface area contributed by atoms with E-state index in [0.29, 0.717) is 11.6 Å². The Bertz CT molecular complexity index is 202. The van der Waals surface area contributed by atoms with Crippen LogP contribution in [-0.4, -0.2) is 11.6 Å². The molecule has 0 heterocycles. The first-order valence-electron chi connectivity index (χ1n) is 8.33. The van der Waals surface area contributed by atoms with Crippen molar-refractivity contribution in [3.63, 3.8) is 0 Å². The zero-order valence-corrected chi connectivity index (χ0v) is 13.2. The SMILES string of the molecule is CCCCC(C)(C)NC(C)C1CCCCCCC1. The van der Waals surface area contributed by atoms with Crippen molar-refractivity contribution in [2.75, 3.05) is 0 Å². The molecule has 0 saturated heterocycles. The summed E-state index contributed by atoms with van der Waals surface area (Å²) in [5.41, 5.74) is 0.317. The fraction of sp³-hybridized carbons (Fsp3) is 1.00. The van der Waals surface area contributed by atoms with E-state index in [1.54, 1.807) is 0 Å². The fourth-order valence-corrected chi connectivity index (χ4v) is 3.41. The van der Waals surface area contributed by atoms with Gasteiger partial charge in [-0.15, -0.1) is 0 Å². The molecule has 1 aliphatic rings. The van der Waals surface area contributed by atoms with E-state index in [2.05, 4.69) is 33.0 Å². The molecule has 1 saturated carbocycles. The van der Waals surface area contributed by atoms with Gasteiger partial charge in [0.15, 0.2) is 0 Å². The van der Waals surface area contributed by atoms with Gasteiger partial charge in [-0.05, 0) is 46.0 Å². The third-order valence-corrected chi connectivity index (χ3v) is 4.63. The summed E-state index contributed by atoms with van der Waals surface area (Å²) >= 11 is 0. The minimum atomic E-state index is 0.317. The molecular formula is C17H35N. The van der Waals surface area contributed by atoms with E-state index < -0.39 is 0 Å². The Labute approximate surface area is 115 Å². The minimum Gasteiger partial charge on any atom is -0.309 e. The molecule has 0 bridgehead atoms. The predicted octanol–water partition coefficient (Wildman–Crippen LogP) is 5.29. The van der Waals surface area contributed by atoms with E-state index in [4.69, 9.17) is 0 Å². The van der Waals surface area contributed by atoms with Crippen molar-refractivity contribution >= 4 is 0 Å². The molecule has 18 heavy (non-hydrogen) atoms. The van der Waals surface area contributed by atoms with Crippen LogP contribution in [-0.2, 0) is 0 Å². The van der Waals surface area contributed by atoms with Crippen molar-refractivity contribution in [1.82, 2.24) is 5.32 Å². The molecule has 1 nitrogen and oxygen atoms in total. The Morgan fingerprint density at radius 3 is 2.17 bits per heavy atom. The van der Waals surface area contributed by atoms with Gasteiger partial charge in [0.25, 0.3) is 0 Å². The van der Waals surface area contributed by atoms with Crippen LogP contribution in [0.2, 0.25) is 0 Å². The van der Waals surface area contributed by atoms with Crippen LogP contribution < -0.4 is 5.32 Å². The summed E-state index contributed by atoms with van der Waals surface area (Å²) in [6.07, 6.45) is 14.1. The summed E-state index contributed by atoms with van der Waals surface area (Å²) in [7, 11) is 0. The standard InChI is InChI=1S/C17H35N/c1-5-6-14-17(3,4)18-15(2)16-12-10-8-7-9-11-13-16/h15-16,18H,5-14H2,1-4H3. The van der Waals surface area contributed by atoms with Crippen LogP contribution in [0.1, 0.15) is 91.9 Å². The van der Waals surface area contributed by atoms with Crippen LogP contribution >= 0.6 is 0 Å². The second-order valence-corrected chi connectivity index (χ2v) is 7.03. The van der Waals surface area contributed by atoms with E-state index in [9.17, 15) is 0 Å². The first-order valence-corrected chi connectivity index (χ1v) is 8.33. The number of rotatable bonds is 6. The monoisotopic (exact) mass is 253 g/mol. The molecule has 1 heteroatoms. The molecule has 0 radical (unpaired) electrons. The van der Waals surface area contributed by atoms with Crippen molar-refractivity contribution in [3.8, 4) is 0 Å². The number of hydrogen-bond donors (Lipinski definition) is 1. The van der Waals surface area contributed by atoms with Gasteiger partial charge in [-0.1, -0.05) is 51.9 Å². The number of nitrogens with one attached hydrogen (secondary N) is 1. The van der Waals surface area contributed by atoms with Crippen LogP contribution in [0.3, 0.4) is 0 Å². The van der Waals surface area contributed by atoms with Crippen molar-refractivity contribution in [2.45, 2.75) is 103 Å². The Kier molecular flexibility index (Phi) is 7.29. The lowest BCUT2D eigenvalue weighted by atomic mass is 9.85. The van der Waals surface area contributed by atoms with Gasteiger partial charge >= 0.3 is 0 Å². The van der Waals surface area contributed by atoms with E-state index >= 15 is 0 Å². The highest BCUT2D eigenvalue weighted by Crippen LogP contribution is 2.26. The minimum absolute atomic E-state index is 0.317. The summed E-state index contributed by atoms with van der Waals surface area (Å²) < 4.78 is 0. The topological polar surface area (TPSA) is 12.0 Å². The quantitative estimate of drug-likeness (QED) is 0.678. The van der Waals surface area contributed by atoms with Crippen molar-refractivity contribution in [1.29, 1.82) is 0 Å². The summed E-state index contributed by atoms with van der Waals surface area (Å²) in [4.78, 5) is 0. The molecular weight excluding hydrogens is 218 g/mol. The predicted molar refractivity (Wildman–Crippen MR) is 82.0 cm³/mol. The molecule has 1 N–H and O–H groups in total. The lowest BCUT2D eigenvalue weighted by molar-refractivity contribution is 0.233. The molecule has 0 aromatic carbocycles. The van der Waals surface area contributed by atoms with Gasteiger partial charge in [0.2, 0.25) is 0 Å². The summed E-state index contributed by atoms with van der Waals surface area (Å²) in [6.45, 7) is 9.46. The van der Waals surface area contributed by atoms with Gasteiger partial charge in [0.05, 0.1) is 0 Å². The van der Waals surface area contributed by atoms with Crippen molar-refractivity contribution in [2.24, 2.45) is 5.92 Å². The van der Waals surface area contributed by atoms with Crippen LogP contribution in [0.4, 0.5) is 0 Å². The Morgan fingerprint density at radius 2 is 1.61 bits per heavy atom. The maximum Gasteiger partial charge on any atom is 0.0127 e. The average molecular weight is 253 g/mol. The third-order valence-electron chi connectivity index (χ3n) is 4.63. The highest BCUT2D eigenvalue weighted by atomic mass is 15.0. The Hall–Kier alpha value is -0.0400. The van der Waals surface area contributed by atoms with Gasteiger partial charge in [0.1, 0.15) is 0 Å². The largest absolute Gasteiger partial charge is 0.309 e. The lowest BCUT2D eigenvalue weighted by Gasteiger charge is -2.35. The summed E-state index contributed by atoms with van der Waals surface area (Å²) in [5.74, 6) is 0.909. The molecule has 0 aromatic heterocycles. The van der Waals surface area contributed by atoms with Gasteiger partial charge in [-0.25, -0.2) is 0 Å². The van der Waals surface area contributed by atoms with Crippen molar-refractivity contribution < 1.29 is 0 Å². The second kappa shape index (κ2) is 8.19. The van der Waals surface area contributed by atoms with Gasteiger partial charge < -0.3 is 5.32 Å². The molecule has 108 valence electrons. The third kappa shape index (κ3) is 6.22. The molecule has 1 atom stereocenters. The molecule has 1 aliphatic carbocycles. The first kappa shape index (κ1) is 16.0. The molecule has 0 aromatic rings. The van der Waals surface area contributed by atoms with Crippen LogP contribution in [0.5, 0.6) is 0 Å². The average Bonchev–Trinajstić information content (AvgIpc) is 2.25. The second-order valence-electron chi connectivity index (χ2n) is 7.03. The van der Waals surface area contributed by atoms with Crippen LogP contribution in [0.25, 0.3) is 0 Å². The molecule has 1 fully saturated rings. The molecule has 1 unspecified atom stereocenters.